The average Bonchev–Trinajstić information content (AvgIpc) is 3.51. The van der Waals surface area contributed by atoms with Crippen molar-refractivity contribution in [3.05, 3.63) is 77.6 Å². The lowest BCUT2D eigenvalue weighted by Gasteiger charge is -2.11. The van der Waals surface area contributed by atoms with Crippen LogP contribution in [0.15, 0.2) is 54.7 Å². The molecule has 6 rings (SSSR count). The number of hydrogen-bond acceptors (Lipinski definition) is 4. The summed E-state index contributed by atoms with van der Waals surface area (Å²) in [6.07, 6.45) is 3.79. The average molecular weight is 470 g/mol. The molecule has 1 aliphatic heterocycles. The van der Waals surface area contributed by atoms with Gasteiger partial charge in [-0.05, 0) is 54.8 Å². The Balaban J connectivity index is 1.45. The number of rotatable bonds is 6. The summed E-state index contributed by atoms with van der Waals surface area (Å²) in [6, 6.07) is 14.2. The summed E-state index contributed by atoms with van der Waals surface area (Å²) in [7, 11) is 0. The Morgan fingerprint density at radius 2 is 2.00 bits per heavy atom. The number of amides is 1. The number of hydrogen-bond donors (Lipinski definition) is 1. The highest BCUT2D eigenvalue weighted by atomic mass is 19.1. The van der Waals surface area contributed by atoms with Crippen molar-refractivity contribution in [2.75, 3.05) is 6.61 Å². The number of benzene rings is 2. The third-order valence-corrected chi connectivity index (χ3v) is 6.61. The third kappa shape index (κ3) is 3.62. The second-order valence-electron chi connectivity index (χ2n) is 8.91. The van der Waals surface area contributed by atoms with Gasteiger partial charge in [-0.2, -0.15) is 0 Å². The Labute approximate surface area is 201 Å². The SMILES string of the molecule is Cc1ccc(OCCn2c(C(N)=O)c(-c3ccc4c(c3)nc3n4CCC3)c3cc(F)ccc32)nc1. The number of carbonyl (C=O) groups excluding carboxylic acids is 1. The van der Waals surface area contributed by atoms with E-state index in [0.717, 1.165) is 47.4 Å². The van der Waals surface area contributed by atoms with Crippen molar-refractivity contribution in [3.63, 3.8) is 0 Å². The van der Waals surface area contributed by atoms with Crippen molar-refractivity contribution in [3.8, 4) is 17.0 Å². The zero-order valence-corrected chi connectivity index (χ0v) is 19.3. The first-order chi connectivity index (χ1) is 17.0. The standard InChI is InChI=1S/C27H24FN5O2/c1-16-4-9-24(30-15-16)35-12-11-33-21-8-6-18(28)14-19(21)25(26(33)27(29)34)17-5-7-22-20(13-17)31-23-3-2-10-32(22)23/h4-9,13-15H,2-3,10-12H2,1H3,(H2,29,34). The summed E-state index contributed by atoms with van der Waals surface area (Å²) < 4.78 is 24.2. The largest absolute Gasteiger partial charge is 0.476 e. The topological polar surface area (TPSA) is 88.0 Å². The molecule has 0 unspecified atom stereocenters. The second-order valence-corrected chi connectivity index (χ2v) is 8.91. The molecule has 0 saturated carbocycles. The molecule has 1 amide bonds. The van der Waals surface area contributed by atoms with Crippen LogP contribution in [0.5, 0.6) is 5.88 Å². The number of primary amides is 1. The van der Waals surface area contributed by atoms with E-state index in [1.165, 1.54) is 12.1 Å². The third-order valence-electron chi connectivity index (χ3n) is 6.61. The molecule has 0 atom stereocenters. The minimum Gasteiger partial charge on any atom is -0.476 e. The van der Waals surface area contributed by atoms with Gasteiger partial charge in [-0.3, -0.25) is 4.79 Å². The Morgan fingerprint density at radius 1 is 1.14 bits per heavy atom. The van der Waals surface area contributed by atoms with Crippen LogP contribution >= 0.6 is 0 Å². The predicted octanol–water partition coefficient (Wildman–Crippen LogP) is 4.62. The van der Waals surface area contributed by atoms with E-state index in [1.54, 1.807) is 22.9 Å². The highest BCUT2D eigenvalue weighted by Gasteiger charge is 2.24. The van der Waals surface area contributed by atoms with Crippen LogP contribution in [0.3, 0.4) is 0 Å². The molecule has 5 aromatic rings. The highest BCUT2D eigenvalue weighted by molar-refractivity contribution is 6.10. The quantitative estimate of drug-likeness (QED) is 0.393. The summed E-state index contributed by atoms with van der Waals surface area (Å²) in [5, 5.41) is 0.623. The van der Waals surface area contributed by atoms with Crippen molar-refractivity contribution >= 4 is 27.8 Å². The maximum absolute atomic E-state index is 14.4. The molecule has 35 heavy (non-hydrogen) atoms. The molecule has 0 aliphatic carbocycles. The minimum atomic E-state index is -0.586. The van der Waals surface area contributed by atoms with Crippen LogP contribution < -0.4 is 10.5 Å². The van der Waals surface area contributed by atoms with Gasteiger partial charge in [0.15, 0.2) is 0 Å². The van der Waals surface area contributed by atoms with E-state index < -0.39 is 5.91 Å². The highest BCUT2D eigenvalue weighted by Crippen LogP contribution is 2.37. The number of imidazole rings is 1. The van der Waals surface area contributed by atoms with Gasteiger partial charge in [-0.1, -0.05) is 12.1 Å². The van der Waals surface area contributed by atoms with Crippen molar-refractivity contribution in [2.45, 2.75) is 32.9 Å². The normalized spacial score (nSPS) is 13.0. The van der Waals surface area contributed by atoms with E-state index in [9.17, 15) is 9.18 Å². The number of pyridine rings is 1. The molecular weight excluding hydrogens is 445 g/mol. The Kier molecular flexibility index (Phi) is 5.02. The molecule has 8 heteroatoms. The van der Waals surface area contributed by atoms with E-state index >= 15 is 0 Å². The Morgan fingerprint density at radius 3 is 2.80 bits per heavy atom. The summed E-state index contributed by atoms with van der Waals surface area (Å²) in [6.45, 7) is 3.52. The van der Waals surface area contributed by atoms with Crippen molar-refractivity contribution in [1.29, 1.82) is 0 Å². The minimum absolute atomic E-state index is 0.268. The van der Waals surface area contributed by atoms with Crippen LogP contribution in [0.1, 0.15) is 28.3 Å². The fourth-order valence-corrected chi connectivity index (χ4v) is 5.06. The molecule has 7 nitrogen and oxygen atoms in total. The maximum Gasteiger partial charge on any atom is 0.266 e. The number of ether oxygens (including phenoxy) is 1. The molecule has 4 heterocycles. The van der Waals surface area contributed by atoms with Gasteiger partial charge >= 0.3 is 0 Å². The smallest absolute Gasteiger partial charge is 0.266 e. The first kappa shape index (κ1) is 21.3. The van der Waals surface area contributed by atoms with E-state index in [-0.39, 0.29) is 12.4 Å². The van der Waals surface area contributed by atoms with Gasteiger partial charge in [0.05, 0.1) is 17.6 Å². The molecule has 0 spiro atoms. The molecule has 0 bridgehead atoms. The zero-order chi connectivity index (χ0) is 24.1. The first-order valence-electron chi connectivity index (χ1n) is 11.7. The summed E-state index contributed by atoms with van der Waals surface area (Å²) in [5.41, 5.74) is 11.3. The molecule has 1 aliphatic rings. The molecule has 0 saturated heterocycles. The molecule has 2 aromatic carbocycles. The van der Waals surface area contributed by atoms with Gasteiger partial charge < -0.3 is 19.6 Å². The number of fused-ring (bicyclic) bond motifs is 4. The summed E-state index contributed by atoms with van der Waals surface area (Å²) >= 11 is 0. The number of carbonyl (C=O) groups is 1. The molecule has 176 valence electrons. The van der Waals surface area contributed by atoms with E-state index in [2.05, 4.69) is 9.55 Å². The number of nitrogens with zero attached hydrogens (tertiary/aromatic N) is 4. The zero-order valence-electron chi connectivity index (χ0n) is 19.3. The Bertz CT molecular complexity index is 1600. The van der Waals surface area contributed by atoms with Crippen LogP contribution in [0.2, 0.25) is 0 Å². The lowest BCUT2D eigenvalue weighted by Crippen LogP contribution is -2.20. The molecule has 2 N–H and O–H groups in total. The fraction of sp³-hybridized carbons (Fsp3) is 0.222. The van der Waals surface area contributed by atoms with Gasteiger partial charge in [0.1, 0.15) is 23.9 Å². The fourth-order valence-electron chi connectivity index (χ4n) is 5.06. The van der Waals surface area contributed by atoms with Crippen LogP contribution in [-0.2, 0) is 19.5 Å². The van der Waals surface area contributed by atoms with Crippen molar-refractivity contribution in [2.24, 2.45) is 5.73 Å². The number of aromatic nitrogens is 4. The number of nitrogens with two attached hydrogens (primary N) is 1. The van der Waals surface area contributed by atoms with Gasteiger partial charge in [-0.15, -0.1) is 0 Å². The maximum atomic E-state index is 14.4. The molecule has 0 radical (unpaired) electrons. The van der Waals surface area contributed by atoms with Gasteiger partial charge in [0.25, 0.3) is 5.91 Å². The van der Waals surface area contributed by atoms with Crippen molar-refractivity contribution < 1.29 is 13.9 Å². The monoisotopic (exact) mass is 469 g/mol. The first-order valence-corrected chi connectivity index (χ1v) is 11.7. The van der Waals surface area contributed by atoms with Crippen LogP contribution in [0.4, 0.5) is 4.39 Å². The van der Waals surface area contributed by atoms with Crippen molar-refractivity contribution in [1.82, 2.24) is 19.1 Å². The second kappa shape index (κ2) is 8.23. The van der Waals surface area contributed by atoms with Crippen LogP contribution in [0.25, 0.3) is 33.1 Å². The number of aryl methyl sites for hydroxylation is 3. The van der Waals surface area contributed by atoms with Gasteiger partial charge in [0.2, 0.25) is 5.88 Å². The Hall–Kier alpha value is -4.20. The number of halogens is 1. The van der Waals surface area contributed by atoms with E-state index in [0.29, 0.717) is 34.6 Å². The van der Waals surface area contributed by atoms with E-state index in [4.69, 9.17) is 15.5 Å². The predicted molar refractivity (Wildman–Crippen MR) is 132 cm³/mol. The van der Waals surface area contributed by atoms with Crippen LogP contribution in [-0.4, -0.2) is 31.6 Å². The summed E-state index contributed by atoms with van der Waals surface area (Å²) in [5.74, 6) is 0.603. The molecular formula is C27H24FN5O2. The summed E-state index contributed by atoms with van der Waals surface area (Å²) in [4.78, 5) is 21.8. The van der Waals surface area contributed by atoms with Crippen LogP contribution in [0, 0.1) is 12.7 Å². The lowest BCUT2D eigenvalue weighted by molar-refractivity contribution is 0.0991. The lowest BCUT2D eigenvalue weighted by atomic mass is 10.0. The van der Waals surface area contributed by atoms with Gasteiger partial charge in [0, 0.05) is 41.7 Å². The molecule has 0 fully saturated rings. The van der Waals surface area contributed by atoms with Gasteiger partial charge in [-0.25, -0.2) is 14.4 Å². The van der Waals surface area contributed by atoms with E-state index in [1.807, 2.05) is 31.2 Å². The molecule has 3 aromatic heterocycles.